The third-order valence-electron chi connectivity index (χ3n) is 1.74. The summed E-state index contributed by atoms with van der Waals surface area (Å²) >= 11 is 0. The minimum atomic E-state index is 1.03. The van der Waals surface area contributed by atoms with Crippen LogP contribution in [0.15, 0.2) is 49.1 Å². The third-order valence-corrected chi connectivity index (χ3v) is 1.74. The molecule has 3 rings (SSSR count). The molecule has 0 unspecified atom stereocenters. The highest BCUT2D eigenvalue weighted by Crippen LogP contribution is 2.05. The van der Waals surface area contributed by atoms with Crippen LogP contribution in [0.3, 0.4) is 0 Å². The minimum absolute atomic E-state index is 1.03. The van der Waals surface area contributed by atoms with Gasteiger partial charge in [0.15, 0.2) is 0 Å². The van der Waals surface area contributed by atoms with Gasteiger partial charge in [-0.2, -0.15) is 0 Å². The first-order chi connectivity index (χ1) is 7.47. The van der Waals surface area contributed by atoms with E-state index in [1.165, 1.54) is 0 Å². The van der Waals surface area contributed by atoms with Gasteiger partial charge in [0.1, 0.15) is 0 Å². The Kier molecular flexibility index (Phi) is 2.97. The standard InChI is InChI=1S/C7H6N2.C3H3N3/c1-2-4-7-6(3-1)8-5-9-7;1-2-4-6-5-3-1/h1-5H,(H,8,9);1-3H. The monoisotopic (exact) mass is 199 g/mol. The van der Waals surface area contributed by atoms with Gasteiger partial charge < -0.3 is 4.98 Å². The number of fused-ring (bicyclic) bond motifs is 1. The van der Waals surface area contributed by atoms with Gasteiger partial charge in [0.25, 0.3) is 0 Å². The van der Waals surface area contributed by atoms with Crippen molar-refractivity contribution in [2.75, 3.05) is 0 Å². The van der Waals surface area contributed by atoms with E-state index >= 15 is 0 Å². The van der Waals surface area contributed by atoms with Gasteiger partial charge in [-0.15, -0.1) is 10.2 Å². The van der Waals surface area contributed by atoms with Crippen LogP contribution in [0, 0.1) is 0 Å². The number of hydrogen-bond donors (Lipinski definition) is 1. The molecule has 5 nitrogen and oxygen atoms in total. The Morgan fingerprint density at radius 2 is 1.73 bits per heavy atom. The smallest absolute Gasteiger partial charge is 0.0931 e. The Hall–Kier alpha value is -2.30. The van der Waals surface area contributed by atoms with Gasteiger partial charge >= 0.3 is 0 Å². The van der Waals surface area contributed by atoms with Crippen molar-refractivity contribution in [3.05, 3.63) is 49.1 Å². The summed E-state index contributed by atoms with van der Waals surface area (Å²) < 4.78 is 0. The number of H-pyrrole nitrogens is 1. The summed E-state index contributed by atoms with van der Waals surface area (Å²) in [5.41, 5.74) is 2.12. The molecule has 5 heteroatoms. The molecule has 0 aliphatic rings. The van der Waals surface area contributed by atoms with Gasteiger partial charge in [0, 0.05) is 0 Å². The molecule has 2 heterocycles. The normalized spacial score (nSPS) is 9.33. The Bertz CT molecular complexity index is 448. The lowest BCUT2D eigenvalue weighted by atomic mass is 10.3. The van der Waals surface area contributed by atoms with Crippen molar-refractivity contribution in [2.24, 2.45) is 0 Å². The number of hydrogen-bond acceptors (Lipinski definition) is 4. The van der Waals surface area contributed by atoms with Crippen LogP contribution in [0.2, 0.25) is 0 Å². The molecule has 0 atom stereocenters. The summed E-state index contributed by atoms with van der Waals surface area (Å²) in [6.45, 7) is 0. The quantitative estimate of drug-likeness (QED) is 0.594. The van der Waals surface area contributed by atoms with Gasteiger partial charge in [-0.1, -0.05) is 12.1 Å². The number of imidazole rings is 1. The van der Waals surface area contributed by atoms with E-state index in [0.29, 0.717) is 0 Å². The molecule has 0 amide bonds. The van der Waals surface area contributed by atoms with Crippen molar-refractivity contribution in [3.63, 3.8) is 0 Å². The van der Waals surface area contributed by atoms with Gasteiger partial charge in [-0.05, 0) is 23.4 Å². The largest absolute Gasteiger partial charge is 0.345 e. The van der Waals surface area contributed by atoms with E-state index in [1.807, 2.05) is 24.3 Å². The first kappa shape index (κ1) is 9.26. The van der Waals surface area contributed by atoms with Gasteiger partial charge in [-0.3, -0.25) is 0 Å². The maximum absolute atomic E-state index is 4.06. The first-order valence-corrected chi connectivity index (χ1v) is 4.43. The van der Waals surface area contributed by atoms with Crippen molar-refractivity contribution >= 4 is 11.0 Å². The molecule has 0 bridgehead atoms. The number of para-hydroxylation sites is 2. The van der Waals surface area contributed by atoms with E-state index < -0.39 is 0 Å². The summed E-state index contributed by atoms with van der Waals surface area (Å²) in [7, 11) is 0. The Morgan fingerprint density at radius 1 is 0.933 bits per heavy atom. The van der Waals surface area contributed by atoms with Crippen LogP contribution in [-0.2, 0) is 0 Å². The fraction of sp³-hybridized carbons (Fsp3) is 0. The second-order valence-electron chi connectivity index (χ2n) is 2.73. The molecule has 1 N–H and O–H groups in total. The van der Waals surface area contributed by atoms with Crippen LogP contribution in [-0.4, -0.2) is 25.4 Å². The predicted octanol–water partition coefficient (Wildman–Crippen LogP) is 1.43. The second-order valence-corrected chi connectivity index (χ2v) is 2.73. The minimum Gasteiger partial charge on any atom is -0.345 e. The molecule has 0 saturated heterocycles. The Labute approximate surface area is 86.2 Å². The van der Waals surface area contributed by atoms with Gasteiger partial charge in [0.05, 0.1) is 29.8 Å². The van der Waals surface area contributed by atoms with Crippen LogP contribution in [0.1, 0.15) is 0 Å². The number of benzene rings is 1. The zero-order chi connectivity index (χ0) is 10.3. The molecule has 0 aliphatic carbocycles. The summed E-state index contributed by atoms with van der Waals surface area (Å²) in [5, 5.41) is 10.1. The average molecular weight is 199 g/mol. The lowest BCUT2D eigenvalue weighted by Crippen LogP contribution is -1.78. The summed E-state index contributed by atoms with van der Waals surface area (Å²) in [6, 6.07) is 9.66. The molecule has 0 radical (unpaired) electrons. The van der Waals surface area contributed by atoms with Crippen LogP contribution >= 0.6 is 0 Å². The van der Waals surface area contributed by atoms with Crippen LogP contribution in [0.5, 0.6) is 0 Å². The number of aromatic amines is 1. The van der Waals surface area contributed by atoms with Crippen molar-refractivity contribution < 1.29 is 0 Å². The molecule has 3 aromatic rings. The SMILES string of the molecule is c1ccc2[nH]cnc2c1.c1cnnnc1. The average Bonchev–Trinajstić information content (AvgIpc) is 2.80. The third kappa shape index (κ3) is 2.57. The highest BCUT2D eigenvalue weighted by Gasteiger charge is 1.88. The van der Waals surface area contributed by atoms with Crippen molar-refractivity contribution in [3.8, 4) is 0 Å². The number of nitrogens with zero attached hydrogens (tertiary/aromatic N) is 4. The van der Waals surface area contributed by atoms with E-state index in [2.05, 4.69) is 25.4 Å². The highest BCUT2D eigenvalue weighted by atomic mass is 15.3. The van der Waals surface area contributed by atoms with Crippen LogP contribution < -0.4 is 0 Å². The van der Waals surface area contributed by atoms with Crippen molar-refractivity contribution in [2.45, 2.75) is 0 Å². The van der Waals surface area contributed by atoms with Gasteiger partial charge in [-0.25, -0.2) is 4.98 Å². The number of nitrogens with one attached hydrogen (secondary N) is 1. The maximum Gasteiger partial charge on any atom is 0.0931 e. The fourth-order valence-corrected chi connectivity index (χ4v) is 1.08. The molecule has 74 valence electrons. The zero-order valence-corrected chi connectivity index (χ0v) is 7.91. The molecular formula is C10H9N5. The summed E-state index contributed by atoms with van der Waals surface area (Å²) in [4.78, 5) is 7.07. The van der Waals surface area contributed by atoms with E-state index in [-0.39, 0.29) is 0 Å². The molecule has 15 heavy (non-hydrogen) atoms. The summed E-state index contributed by atoms with van der Waals surface area (Å²) in [6.07, 6.45) is 4.85. The molecule has 0 fully saturated rings. The Balaban J connectivity index is 0.000000124. The van der Waals surface area contributed by atoms with Crippen LogP contribution in [0.4, 0.5) is 0 Å². The van der Waals surface area contributed by atoms with Crippen molar-refractivity contribution in [1.29, 1.82) is 0 Å². The zero-order valence-electron chi connectivity index (χ0n) is 7.91. The van der Waals surface area contributed by atoms with E-state index in [4.69, 9.17) is 0 Å². The molecular weight excluding hydrogens is 190 g/mol. The topological polar surface area (TPSA) is 67.3 Å². The van der Waals surface area contributed by atoms with E-state index in [1.54, 1.807) is 24.8 Å². The van der Waals surface area contributed by atoms with Gasteiger partial charge in [0.2, 0.25) is 0 Å². The summed E-state index contributed by atoms with van der Waals surface area (Å²) in [5.74, 6) is 0. The molecule has 0 spiro atoms. The molecule has 0 aliphatic heterocycles. The van der Waals surface area contributed by atoms with E-state index in [9.17, 15) is 0 Å². The molecule has 0 saturated carbocycles. The maximum atomic E-state index is 4.06. The van der Waals surface area contributed by atoms with Crippen molar-refractivity contribution in [1.82, 2.24) is 25.4 Å². The van der Waals surface area contributed by atoms with Crippen LogP contribution in [0.25, 0.3) is 11.0 Å². The fourth-order valence-electron chi connectivity index (χ4n) is 1.08. The first-order valence-electron chi connectivity index (χ1n) is 4.43. The van der Waals surface area contributed by atoms with E-state index in [0.717, 1.165) is 11.0 Å². The molecule has 1 aromatic carbocycles. The predicted molar refractivity (Wildman–Crippen MR) is 55.9 cm³/mol. The molecule has 2 aromatic heterocycles. The Morgan fingerprint density at radius 3 is 2.33 bits per heavy atom. The lowest BCUT2D eigenvalue weighted by Gasteiger charge is -1.81. The number of aromatic nitrogens is 5. The second kappa shape index (κ2) is 4.80. The highest BCUT2D eigenvalue weighted by molar-refractivity contribution is 5.73. The lowest BCUT2D eigenvalue weighted by molar-refractivity contribution is 0.865. The number of rotatable bonds is 0.